The third-order valence-corrected chi connectivity index (χ3v) is 2.96. The second kappa shape index (κ2) is 4.11. The van der Waals surface area contributed by atoms with Gasteiger partial charge in [-0.3, -0.25) is 0 Å². The molecule has 0 spiro atoms. The largest absolute Gasteiger partial charge is 0.507 e. The molecule has 0 aromatic heterocycles. The Labute approximate surface area is 83.4 Å². The van der Waals surface area contributed by atoms with E-state index >= 15 is 0 Å². The number of aryl methyl sites for hydroxylation is 1. The number of hydrogen-bond acceptors (Lipinski definition) is 1. The minimum Gasteiger partial charge on any atom is -0.507 e. The van der Waals surface area contributed by atoms with Crippen LogP contribution >= 0.6 is 22.6 Å². The van der Waals surface area contributed by atoms with E-state index in [0.717, 1.165) is 15.6 Å². The summed E-state index contributed by atoms with van der Waals surface area (Å²) in [5, 5.41) is 9.54. The summed E-state index contributed by atoms with van der Waals surface area (Å²) in [5.74, 6) is 0.476. The molecule has 0 amide bonds. The average Bonchev–Trinajstić information content (AvgIpc) is 1.99. The summed E-state index contributed by atoms with van der Waals surface area (Å²) in [7, 11) is 1.21. The second-order valence-electron chi connectivity index (χ2n) is 2.50. The van der Waals surface area contributed by atoms with Gasteiger partial charge in [0.1, 0.15) is 5.75 Å². The van der Waals surface area contributed by atoms with Crippen LogP contribution in [0.3, 0.4) is 0 Å². The summed E-state index contributed by atoms with van der Waals surface area (Å²) in [6.45, 7) is 0. The quantitative estimate of drug-likeness (QED) is 0.639. The number of halogens is 1. The molecule has 0 atom stereocenters. The highest BCUT2D eigenvalue weighted by Gasteiger charge is 2.01. The Kier molecular flexibility index (Phi) is 3.38. The topological polar surface area (TPSA) is 20.2 Å². The number of aromatic hydroxyl groups is 1. The molecule has 0 radical (unpaired) electrons. The first-order valence-electron chi connectivity index (χ1n) is 3.72. The number of rotatable bonds is 2. The van der Waals surface area contributed by atoms with E-state index < -0.39 is 0 Å². The maximum Gasteiger partial charge on any atom is 0.132 e. The molecule has 1 nitrogen and oxygen atoms in total. The third-order valence-electron chi connectivity index (χ3n) is 1.59. The summed E-state index contributed by atoms with van der Waals surface area (Å²) >= 11 is 2.15. The lowest BCUT2D eigenvalue weighted by Crippen LogP contribution is -1.86. The lowest BCUT2D eigenvalue weighted by atomic mass is 10.1. The first-order chi connectivity index (χ1) is 5.25. The van der Waals surface area contributed by atoms with Crippen LogP contribution in [0.4, 0.5) is 0 Å². The van der Waals surface area contributed by atoms with Gasteiger partial charge in [-0.05, 0) is 40.6 Å². The van der Waals surface area contributed by atoms with Gasteiger partial charge < -0.3 is 5.11 Å². The molecule has 1 aromatic rings. The summed E-state index contributed by atoms with van der Waals surface area (Å²) in [4.78, 5) is 0. The zero-order valence-electron chi connectivity index (χ0n) is 6.47. The van der Waals surface area contributed by atoms with E-state index in [0.29, 0.717) is 5.75 Å². The highest BCUT2D eigenvalue weighted by atomic mass is 127. The summed E-state index contributed by atoms with van der Waals surface area (Å²) < 4.78 is 0.954. The predicted octanol–water partition coefficient (Wildman–Crippen LogP) is 1.32. The molecule has 0 aliphatic heterocycles. The highest BCUT2D eigenvalue weighted by Crippen LogP contribution is 2.24. The Hall–Kier alpha value is -0.0331. The van der Waals surface area contributed by atoms with E-state index in [1.807, 2.05) is 18.2 Å². The second-order valence-corrected chi connectivity index (χ2v) is 4.66. The molecular formula is C8H11IOSi. The molecule has 1 rings (SSSR count). The van der Waals surface area contributed by atoms with Crippen molar-refractivity contribution in [3.8, 4) is 5.75 Å². The summed E-state index contributed by atoms with van der Waals surface area (Å²) in [5.41, 5.74) is 1.09. The Morgan fingerprint density at radius 3 is 2.82 bits per heavy atom. The first kappa shape index (κ1) is 9.06. The Morgan fingerprint density at radius 2 is 2.18 bits per heavy atom. The maximum atomic E-state index is 9.54. The standard InChI is InChI=1S/C8H11IOSi/c9-7-3-1-2-6(4-5-11)8(7)10/h1-3,10H,4-5H2,11H3. The van der Waals surface area contributed by atoms with Crippen molar-refractivity contribution >= 4 is 32.8 Å². The van der Waals surface area contributed by atoms with E-state index in [4.69, 9.17) is 0 Å². The maximum absolute atomic E-state index is 9.54. The van der Waals surface area contributed by atoms with Crippen LogP contribution in [0.1, 0.15) is 5.56 Å². The zero-order valence-corrected chi connectivity index (χ0v) is 10.6. The van der Waals surface area contributed by atoms with Crippen LogP contribution in [0, 0.1) is 3.57 Å². The van der Waals surface area contributed by atoms with Gasteiger partial charge in [-0.15, -0.1) is 0 Å². The van der Waals surface area contributed by atoms with Crippen LogP contribution < -0.4 is 0 Å². The van der Waals surface area contributed by atoms with Gasteiger partial charge in [-0.2, -0.15) is 0 Å². The molecule has 0 fully saturated rings. The normalized spacial score (nSPS) is 10.3. The fourth-order valence-electron chi connectivity index (χ4n) is 1.03. The number of benzene rings is 1. The van der Waals surface area contributed by atoms with Gasteiger partial charge >= 0.3 is 0 Å². The van der Waals surface area contributed by atoms with Crippen LogP contribution in [0.5, 0.6) is 5.75 Å². The number of para-hydroxylation sites is 1. The van der Waals surface area contributed by atoms with Gasteiger partial charge in [0.2, 0.25) is 0 Å². The van der Waals surface area contributed by atoms with Crippen LogP contribution in [0.15, 0.2) is 18.2 Å². The van der Waals surface area contributed by atoms with Gasteiger partial charge in [0.25, 0.3) is 0 Å². The molecule has 0 aliphatic rings. The van der Waals surface area contributed by atoms with Crippen molar-refractivity contribution in [2.75, 3.05) is 0 Å². The van der Waals surface area contributed by atoms with Gasteiger partial charge in [0, 0.05) is 10.2 Å². The van der Waals surface area contributed by atoms with Crippen LogP contribution in [-0.4, -0.2) is 15.3 Å². The molecule has 1 aromatic carbocycles. The van der Waals surface area contributed by atoms with Gasteiger partial charge in [0.05, 0.1) is 3.57 Å². The Morgan fingerprint density at radius 1 is 1.45 bits per heavy atom. The van der Waals surface area contributed by atoms with Crippen molar-refractivity contribution < 1.29 is 5.11 Å². The minimum absolute atomic E-state index is 0.476. The summed E-state index contributed by atoms with van der Waals surface area (Å²) in [6, 6.07) is 7.13. The van der Waals surface area contributed by atoms with Gasteiger partial charge in [0.15, 0.2) is 0 Å². The number of phenolic OH excluding ortho intramolecular Hbond substituents is 1. The van der Waals surface area contributed by atoms with Crippen molar-refractivity contribution in [3.05, 3.63) is 27.3 Å². The van der Waals surface area contributed by atoms with E-state index in [9.17, 15) is 5.11 Å². The van der Waals surface area contributed by atoms with E-state index in [-0.39, 0.29) is 0 Å². The molecule has 0 heterocycles. The van der Waals surface area contributed by atoms with Crippen molar-refractivity contribution in [2.24, 2.45) is 0 Å². The van der Waals surface area contributed by atoms with E-state index in [1.54, 1.807) is 0 Å². The zero-order chi connectivity index (χ0) is 8.27. The smallest absolute Gasteiger partial charge is 0.132 e. The van der Waals surface area contributed by atoms with Crippen molar-refractivity contribution in [3.63, 3.8) is 0 Å². The molecule has 3 heteroatoms. The monoisotopic (exact) mass is 278 g/mol. The fraction of sp³-hybridized carbons (Fsp3) is 0.250. The highest BCUT2D eigenvalue weighted by molar-refractivity contribution is 14.1. The lowest BCUT2D eigenvalue weighted by Gasteiger charge is -2.03. The van der Waals surface area contributed by atoms with Crippen LogP contribution in [0.25, 0.3) is 0 Å². The lowest BCUT2D eigenvalue weighted by molar-refractivity contribution is 0.465. The van der Waals surface area contributed by atoms with Crippen LogP contribution in [0.2, 0.25) is 6.04 Å². The molecule has 1 N–H and O–H groups in total. The minimum atomic E-state index is 0.476. The van der Waals surface area contributed by atoms with E-state index in [1.165, 1.54) is 16.3 Å². The Balaban J connectivity index is 2.96. The van der Waals surface area contributed by atoms with Crippen molar-refractivity contribution in [1.82, 2.24) is 0 Å². The molecule has 60 valence electrons. The molecule has 0 unspecified atom stereocenters. The average molecular weight is 278 g/mol. The third kappa shape index (κ3) is 2.20. The summed E-state index contributed by atoms with van der Waals surface area (Å²) in [6.07, 6.45) is 1.02. The van der Waals surface area contributed by atoms with Gasteiger partial charge in [-0.1, -0.05) is 18.2 Å². The van der Waals surface area contributed by atoms with Crippen molar-refractivity contribution in [2.45, 2.75) is 12.5 Å². The van der Waals surface area contributed by atoms with E-state index in [2.05, 4.69) is 22.6 Å². The molecule has 0 saturated heterocycles. The van der Waals surface area contributed by atoms with Crippen molar-refractivity contribution in [1.29, 1.82) is 0 Å². The van der Waals surface area contributed by atoms with Gasteiger partial charge in [-0.25, -0.2) is 0 Å². The molecule has 0 aliphatic carbocycles. The molecular weight excluding hydrogens is 267 g/mol. The molecule has 0 saturated carbocycles. The fourth-order valence-corrected chi connectivity index (χ4v) is 2.12. The Bertz CT molecular complexity index is 250. The predicted molar refractivity (Wildman–Crippen MR) is 59.3 cm³/mol. The van der Waals surface area contributed by atoms with Crippen LogP contribution in [-0.2, 0) is 6.42 Å². The first-order valence-corrected chi connectivity index (χ1v) is 6.21. The molecule has 0 bridgehead atoms. The SMILES string of the molecule is Oc1c(I)cccc1CC[SiH3]. The number of hydrogen-bond donors (Lipinski definition) is 1. The molecule has 11 heavy (non-hydrogen) atoms. The number of phenols is 1.